The van der Waals surface area contributed by atoms with Crippen LogP contribution >= 0.6 is 11.6 Å². The largest absolute Gasteiger partial charge is 0.457 e. The van der Waals surface area contributed by atoms with Gasteiger partial charge in [0.25, 0.3) is 0 Å². The van der Waals surface area contributed by atoms with E-state index in [2.05, 4.69) is 12.2 Å². The van der Waals surface area contributed by atoms with Crippen LogP contribution in [0.1, 0.15) is 32.6 Å². The molecule has 1 N–H and O–H groups in total. The zero-order chi connectivity index (χ0) is 16.9. The molecule has 0 saturated heterocycles. The molecule has 0 unspecified atom stereocenters. The van der Waals surface area contributed by atoms with Gasteiger partial charge in [-0.15, -0.1) is 0 Å². The topological polar surface area (TPSA) is 38.3 Å². The summed E-state index contributed by atoms with van der Waals surface area (Å²) in [7, 11) is 0. The van der Waals surface area contributed by atoms with E-state index in [9.17, 15) is 4.79 Å². The van der Waals surface area contributed by atoms with Gasteiger partial charge in [-0.1, -0.05) is 18.5 Å². The lowest BCUT2D eigenvalue weighted by molar-refractivity contribution is -0.121. The minimum Gasteiger partial charge on any atom is -0.457 e. The molecule has 0 radical (unpaired) electrons. The van der Waals surface area contributed by atoms with Gasteiger partial charge in [0.2, 0.25) is 5.91 Å². The predicted molar refractivity (Wildman–Crippen MR) is 97.7 cm³/mol. The number of nitrogens with one attached hydrogen (secondary N) is 1. The molecule has 0 spiro atoms. The van der Waals surface area contributed by atoms with Crippen molar-refractivity contribution in [3.05, 3.63) is 53.6 Å². The first kappa shape index (κ1) is 16.8. The summed E-state index contributed by atoms with van der Waals surface area (Å²) in [6.45, 7) is 2.26. The van der Waals surface area contributed by atoms with Crippen molar-refractivity contribution in [1.82, 2.24) is 0 Å². The van der Waals surface area contributed by atoms with Gasteiger partial charge in [0.05, 0.1) is 0 Å². The van der Waals surface area contributed by atoms with Gasteiger partial charge < -0.3 is 10.1 Å². The van der Waals surface area contributed by atoms with Gasteiger partial charge in [-0.05, 0) is 80.1 Å². The van der Waals surface area contributed by atoms with E-state index in [0.29, 0.717) is 5.02 Å². The predicted octanol–water partition coefficient (Wildman–Crippen LogP) is 5.90. The first-order valence-corrected chi connectivity index (χ1v) is 8.82. The third kappa shape index (κ3) is 4.51. The molecule has 1 fully saturated rings. The first-order valence-electron chi connectivity index (χ1n) is 8.44. The van der Waals surface area contributed by atoms with E-state index < -0.39 is 0 Å². The molecule has 1 saturated carbocycles. The highest BCUT2D eigenvalue weighted by molar-refractivity contribution is 6.30. The van der Waals surface area contributed by atoms with Crippen LogP contribution in [-0.4, -0.2) is 5.91 Å². The molecule has 0 heterocycles. The van der Waals surface area contributed by atoms with Crippen LogP contribution in [0.25, 0.3) is 0 Å². The van der Waals surface area contributed by atoms with Crippen molar-refractivity contribution in [1.29, 1.82) is 0 Å². The molecule has 0 aliphatic heterocycles. The van der Waals surface area contributed by atoms with Crippen LogP contribution in [0, 0.1) is 11.8 Å². The third-order valence-corrected chi connectivity index (χ3v) is 4.81. The van der Waals surface area contributed by atoms with E-state index in [1.807, 2.05) is 36.4 Å². The molecule has 0 atom stereocenters. The van der Waals surface area contributed by atoms with E-state index in [-0.39, 0.29) is 11.8 Å². The molecule has 126 valence electrons. The number of halogens is 1. The summed E-state index contributed by atoms with van der Waals surface area (Å²) >= 11 is 5.86. The summed E-state index contributed by atoms with van der Waals surface area (Å²) < 4.78 is 5.75. The second kappa shape index (κ2) is 7.71. The van der Waals surface area contributed by atoms with Gasteiger partial charge in [-0.2, -0.15) is 0 Å². The molecule has 3 nitrogen and oxygen atoms in total. The fourth-order valence-corrected chi connectivity index (χ4v) is 3.14. The second-order valence-electron chi connectivity index (χ2n) is 6.53. The molecule has 4 heteroatoms. The zero-order valence-corrected chi connectivity index (χ0v) is 14.6. The van der Waals surface area contributed by atoms with Crippen molar-refractivity contribution in [2.24, 2.45) is 11.8 Å². The van der Waals surface area contributed by atoms with Crippen LogP contribution < -0.4 is 10.1 Å². The summed E-state index contributed by atoms with van der Waals surface area (Å²) in [5.74, 6) is 2.48. The van der Waals surface area contributed by atoms with Crippen molar-refractivity contribution >= 4 is 23.2 Å². The number of carbonyl (C=O) groups is 1. The molecule has 24 heavy (non-hydrogen) atoms. The highest BCUT2D eigenvalue weighted by Gasteiger charge is 2.24. The Morgan fingerprint density at radius 2 is 1.50 bits per heavy atom. The van der Waals surface area contributed by atoms with Crippen molar-refractivity contribution in [3.8, 4) is 11.5 Å². The maximum absolute atomic E-state index is 12.3. The van der Waals surface area contributed by atoms with Crippen LogP contribution in [0.15, 0.2) is 48.5 Å². The zero-order valence-electron chi connectivity index (χ0n) is 13.8. The van der Waals surface area contributed by atoms with E-state index in [4.69, 9.17) is 16.3 Å². The molecule has 0 aromatic heterocycles. The van der Waals surface area contributed by atoms with Crippen molar-refractivity contribution in [3.63, 3.8) is 0 Å². The van der Waals surface area contributed by atoms with Crippen LogP contribution in [0.2, 0.25) is 5.02 Å². The van der Waals surface area contributed by atoms with E-state index in [1.54, 1.807) is 12.1 Å². The van der Waals surface area contributed by atoms with Gasteiger partial charge in [-0.25, -0.2) is 0 Å². The molecule has 1 aliphatic rings. The number of amides is 1. The van der Waals surface area contributed by atoms with Crippen LogP contribution in [0.5, 0.6) is 11.5 Å². The molecule has 2 aromatic carbocycles. The summed E-state index contributed by atoms with van der Waals surface area (Å²) in [6, 6.07) is 14.7. The lowest BCUT2D eigenvalue weighted by Crippen LogP contribution is -2.26. The summed E-state index contributed by atoms with van der Waals surface area (Å²) in [4.78, 5) is 12.3. The quantitative estimate of drug-likeness (QED) is 0.750. The Morgan fingerprint density at radius 1 is 0.958 bits per heavy atom. The Balaban J connectivity index is 1.56. The number of rotatable bonds is 4. The van der Waals surface area contributed by atoms with Gasteiger partial charge >= 0.3 is 0 Å². The number of hydrogen-bond donors (Lipinski definition) is 1. The smallest absolute Gasteiger partial charge is 0.227 e. The minimum absolute atomic E-state index is 0.133. The second-order valence-corrected chi connectivity index (χ2v) is 6.96. The van der Waals surface area contributed by atoms with E-state index >= 15 is 0 Å². The number of anilines is 1. The number of carbonyl (C=O) groups excluding carboxylic acids is 1. The Kier molecular flexibility index (Phi) is 5.41. The van der Waals surface area contributed by atoms with Gasteiger partial charge in [-0.3, -0.25) is 4.79 Å². The van der Waals surface area contributed by atoms with E-state index in [0.717, 1.165) is 48.8 Å². The first-order chi connectivity index (χ1) is 11.6. The van der Waals surface area contributed by atoms with Gasteiger partial charge in [0, 0.05) is 16.6 Å². The summed E-state index contributed by atoms with van der Waals surface area (Å²) in [5.41, 5.74) is 0.807. The Hall–Kier alpha value is -2.00. The highest BCUT2D eigenvalue weighted by atomic mass is 35.5. The van der Waals surface area contributed by atoms with Crippen molar-refractivity contribution in [2.45, 2.75) is 32.6 Å². The number of benzene rings is 2. The Bertz CT molecular complexity index is 674. The molecule has 3 rings (SSSR count). The van der Waals surface area contributed by atoms with Gasteiger partial charge in [0.15, 0.2) is 0 Å². The van der Waals surface area contributed by atoms with Crippen molar-refractivity contribution < 1.29 is 9.53 Å². The fourth-order valence-electron chi connectivity index (χ4n) is 3.01. The van der Waals surface area contributed by atoms with Crippen LogP contribution in [-0.2, 0) is 4.79 Å². The molecular formula is C20H22ClNO2. The maximum atomic E-state index is 12.3. The Labute approximate surface area is 148 Å². The molecule has 1 amide bonds. The van der Waals surface area contributed by atoms with Gasteiger partial charge in [0.1, 0.15) is 11.5 Å². The maximum Gasteiger partial charge on any atom is 0.227 e. The minimum atomic E-state index is 0.133. The molecule has 1 aliphatic carbocycles. The summed E-state index contributed by atoms with van der Waals surface area (Å²) in [6.07, 6.45) is 4.27. The number of ether oxygens (including phenoxy) is 1. The summed E-state index contributed by atoms with van der Waals surface area (Å²) in [5, 5.41) is 3.69. The van der Waals surface area contributed by atoms with Crippen molar-refractivity contribution in [2.75, 3.05) is 5.32 Å². The normalized spacial score (nSPS) is 20.4. The lowest BCUT2D eigenvalue weighted by Gasteiger charge is -2.25. The fraction of sp³-hybridized carbons (Fsp3) is 0.350. The SMILES string of the molecule is CC1CCC(C(=O)Nc2ccc(Oc3ccc(Cl)cc3)cc2)CC1. The average Bonchev–Trinajstić information content (AvgIpc) is 2.59. The monoisotopic (exact) mass is 343 g/mol. The number of hydrogen-bond acceptors (Lipinski definition) is 2. The Morgan fingerprint density at radius 3 is 2.08 bits per heavy atom. The third-order valence-electron chi connectivity index (χ3n) is 4.56. The standard InChI is InChI=1S/C20H22ClNO2/c1-14-2-4-15(5-3-14)20(23)22-17-8-12-19(13-9-17)24-18-10-6-16(21)7-11-18/h6-15H,2-5H2,1H3,(H,22,23). The van der Waals surface area contributed by atoms with E-state index in [1.165, 1.54) is 0 Å². The van der Waals surface area contributed by atoms with Crippen LogP contribution in [0.4, 0.5) is 5.69 Å². The average molecular weight is 344 g/mol. The van der Waals surface area contributed by atoms with Crippen LogP contribution in [0.3, 0.4) is 0 Å². The molecule has 0 bridgehead atoms. The molecule has 2 aromatic rings. The highest BCUT2D eigenvalue weighted by Crippen LogP contribution is 2.29. The molecular weight excluding hydrogens is 322 g/mol. The lowest BCUT2D eigenvalue weighted by atomic mass is 9.82.